The summed E-state index contributed by atoms with van der Waals surface area (Å²) in [7, 11) is 5.24. The van der Waals surface area contributed by atoms with Crippen LogP contribution < -0.4 is 14.8 Å². The van der Waals surface area contributed by atoms with Gasteiger partial charge in [0.15, 0.2) is 11.5 Å². The molecule has 0 amide bonds. The van der Waals surface area contributed by atoms with Gasteiger partial charge in [-0.05, 0) is 37.6 Å². The van der Waals surface area contributed by atoms with Crippen molar-refractivity contribution in [2.24, 2.45) is 0 Å². The normalized spacial score (nSPS) is 11.7. The largest absolute Gasteiger partial charge is 0.493 e. The van der Waals surface area contributed by atoms with Crippen LogP contribution in [-0.2, 0) is 0 Å². The Labute approximate surface area is 109 Å². The molecule has 1 aromatic carbocycles. The number of terminal acetylenes is 1. The van der Waals surface area contributed by atoms with Crippen molar-refractivity contribution in [2.75, 3.05) is 21.3 Å². The van der Waals surface area contributed by atoms with E-state index in [4.69, 9.17) is 15.9 Å². The van der Waals surface area contributed by atoms with E-state index in [0.717, 1.165) is 30.8 Å². The highest BCUT2D eigenvalue weighted by Gasteiger charge is 2.12. The van der Waals surface area contributed by atoms with Crippen molar-refractivity contribution >= 4 is 0 Å². The Hall–Kier alpha value is -1.66. The molecule has 0 saturated carbocycles. The molecule has 0 spiro atoms. The third kappa shape index (κ3) is 3.68. The Morgan fingerprint density at radius 3 is 2.56 bits per heavy atom. The molecule has 0 aliphatic heterocycles. The summed E-state index contributed by atoms with van der Waals surface area (Å²) < 4.78 is 10.5. The molecule has 0 radical (unpaired) electrons. The maximum atomic E-state index is 5.31. The van der Waals surface area contributed by atoms with Crippen molar-refractivity contribution in [2.45, 2.75) is 25.3 Å². The molecule has 0 heterocycles. The van der Waals surface area contributed by atoms with Gasteiger partial charge in [-0.25, -0.2) is 0 Å². The molecule has 0 aliphatic carbocycles. The Kier molecular flexibility index (Phi) is 6.10. The zero-order chi connectivity index (χ0) is 13.4. The van der Waals surface area contributed by atoms with Gasteiger partial charge in [-0.15, -0.1) is 12.3 Å². The second-order valence-electron chi connectivity index (χ2n) is 4.05. The lowest BCUT2D eigenvalue weighted by Gasteiger charge is -2.18. The number of rotatable bonds is 7. The van der Waals surface area contributed by atoms with Gasteiger partial charge in [-0.3, -0.25) is 0 Å². The minimum Gasteiger partial charge on any atom is -0.493 e. The first-order valence-corrected chi connectivity index (χ1v) is 6.09. The van der Waals surface area contributed by atoms with Gasteiger partial charge in [0.05, 0.1) is 14.2 Å². The smallest absolute Gasteiger partial charge is 0.161 e. The van der Waals surface area contributed by atoms with Gasteiger partial charge in [0, 0.05) is 12.5 Å². The standard InChI is InChI=1S/C15H21NO2/c1-5-6-7-8-13(16-2)12-9-10-14(17-3)15(11-12)18-4/h1,9-11,13,16H,6-8H2,2-4H3. The van der Waals surface area contributed by atoms with E-state index in [0.29, 0.717) is 0 Å². The first-order chi connectivity index (χ1) is 8.76. The molecule has 0 aliphatic rings. The Morgan fingerprint density at radius 2 is 2.00 bits per heavy atom. The van der Waals surface area contributed by atoms with E-state index in [2.05, 4.69) is 17.3 Å². The van der Waals surface area contributed by atoms with Crippen LogP contribution in [0.1, 0.15) is 30.9 Å². The van der Waals surface area contributed by atoms with Crippen LogP contribution >= 0.6 is 0 Å². The molecule has 0 fully saturated rings. The van der Waals surface area contributed by atoms with Crippen molar-refractivity contribution in [3.63, 3.8) is 0 Å². The summed E-state index contributed by atoms with van der Waals surface area (Å²) in [6.45, 7) is 0. The average Bonchev–Trinajstić information content (AvgIpc) is 2.43. The van der Waals surface area contributed by atoms with Crippen molar-refractivity contribution in [1.82, 2.24) is 5.32 Å². The first-order valence-electron chi connectivity index (χ1n) is 6.09. The minimum atomic E-state index is 0.290. The highest BCUT2D eigenvalue weighted by atomic mass is 16.5. The lowest BCUT2D eigenvalue weighted by Crippen LogP contribution is -2.16. The van der Waals surface area contributed by atoms with Gasteiger partial charge >= 0.3 is 0 Å². The fraction of sp³-hybridized carbons (Fsp3) is 0.467. The van der Waals surface area contributed by atoms with E-state index in [9.17, 15) is 0 Å². The number of ether oxygens (including phenoxy) is 2. The number of nitrogens with one attached hydrogen (secondary N) is 1. The third-order valence-corrected chi connectivity index (χ3v) is 2.97. The molecule has 1 atom stereocenters. The van der Waals surface area contributed by atoms with Crippen LogP contribution in [0.15, 0.2) is 18.2 Å². The van der Waals surface area contributed by atoms with Gasteiger partial charge in [0.2, 0.25) is 0 Å². The van der Waals surface area contributed by atoms with Crippen LogP contribution in [0.3, 0.4) is 0 Å². The summed E-state index contributed by atoms with van der Waals surface area (Å²) in [6.07, 6.45) is 8.10. The monoisotopic (exact) mass is 247 g/mol. The summed E-state index contributed by atoms with van der Waals surface area (Å²) in [4.78, 5) is 0. The van der Waals surface area contributed by atoms with Gasteiger partial charge in [0.1, 0.15) is 0 Å². The van der Waals surface area contributed by atoms with Crippen LogP contribution in [0.2, 0.25) is 0 Å². The molecular formula is C15H21NO2. The molecule has 0 aromatic heterocycles. The molecule has 1 rings (SSSR count). The fourth-order valence-electron chi connectivity index (χ4n) is 1.96. The van der Waals surface area contributed by atoms with Crippen LogP contribution in [0, 0.1) is 12.3 Å². The fourth-order valence-corrected chi connectivity index (χ4v) is 1.96. The van der Waals surface area contributed by atoms with Gasteiger partial charge in [-0.1, -0.05) is 6.07 Å². The summed E-state index contributed by atoms with van der Waals surface area (Å²) in [6, 6.07) is 6.28. The predicted octanol–water partition coefficient (Wildman–Crippen LogP) is 2.77. The lowest BCUT2D eigenvalue weighted by molar-refractivity contribution is 0.353. The summed E-state index contributed by atoms with van der Waals surface area (Å²) >= 11 is 0. The molecule has 1 unspecified atom stereocenters. The Bertz CT molecular complexity index is 409. The van der Waals surface area contributed by atoms with Crippen LogP contribution in [0.5, 0.6) is 11.5 Å². The van der Waals surface area contributed by atoms with Gasteiger partial charge in [0.25, 0.3) is 0 Å². The van der Waals surface area contributed by atoms with Gasteiger partial charge in [-0.2, -0.15) is 0 Å². The van der Waals surface area contributed by atoms with E-state index < -0.39 is 0 Å². The van der Waals surface area contributed by atoms with E-state index in [1.165, 1.54) is 5.56 Å². The van der Waals surface area contributed by atoms with Crippen molar-refractivity contribution < 1.29 is 9.47 Å². The second kappa shape index (κ2) is 7.62. The third-order valence-electron chi connectivity index (χ3n) is 2.97. The molecule has 98 valence electrons. The number of hydrogen-bond donors (Lipinski definition) is 1. The van der Waals surface area contributed by atoms with Crippen LogP contribution in [0.4, 0.5) is 0 Å². The zero-order valence-corrected chi connectivity index (χ0v) is 11.3. The van der Waals surface area contributed by atoms with Crippen molar-refractivity contribution in [3.8, 4) is 23.8 Å². The summed E-state index contributed by atoms with van der Waals surface area (Å²) in [5.41, 5.74) is 1.19. The van der Waals surface area contributed by atoms with E-state index in [1.54, 1.807) is 14.2 Å². The van der Waals surface area contributed by atoms with E-state index >= 15 is 0 Å². The highest BCUT2D eigenvalue weighted by Crippen LogP contribution is 2.31. The molecule has 18 heavy (non-hydrogen) atoms. The molecule has 1 aromatic rings. The number of benzene rings is 1. The molecule has 3 nitrogen and oxygen atoms in total. The van der Waals surface area contributed by atoms with E-state index in [1.807, 2.05) is 19.2 Å². The number of hydrogen-bond acceptors (Lipinski definition) is 3. The molecule has 1 N–H and O–H groups in total. The number of methoxy groups -OCH3 is 2. The van der Waals surface area contributed by atoms with Crippen molar-refractivity contribution in [3.05, 3.63) is 23.8 Å². The van der Waals surface area contributed by atoms with E-state index in [-0.39, 0.29) is 6.04 Å². The topological polar surface area (TPSA) is 30.5 Å². The lowest BCUT2D eigenvalue weighted by atomic mass is 10.0. The predicted molar refractivity (Wildman–Crippen MR) is 74.0 cm³/mol. The first kappa shape index (κ1) is 14.4. The maximum Gasteiger partial charge on any atom is 0.161 e. The van der Waals surface area contributed by atoms with Gasteiger partial charge < -0.3 is 14.8 Å². The maximum absolute atomic E-state index is 5.31. The minimum absolute atomic E-state index is 0.290. The highest BCUT2D eigenvalue weighted by molar-refractivity contribution is 5.43. The quantitative estimate of drug-likeness (QED) is 0.593. The SMILES string of the molecule is C#CCCCC(NC)c1ccc(OC)c(OC)c1. The van der Waals surface area contributed by atoms with Crippen LogP contribution in [-0.4, -0.2) is 21.3 Å². The Morgan fingerprint density at radius 1 is 1.28 bits per heavy atom. The molecule has 0 saturated heterocycles. The van der Waals surface area contributed by atoms with Crippen molar-refractivity contribution in [1.29, 1.82) is 0 Å². The summed E-state index contributed by atoms with van der Waals surface area (Å²) in [5.74, 6) is 4.17. The second-order valence-corrected chi connectivity index (χ2v) is 4.05. The average molecular weight is 247 g/mol. The Balaban J connectivity index is 2.83. The van der Waals surface area contributed by atoms with Crippen LogP contribution in [0.25, 0.3) is 0 Å². The molecule has 3 heteroatoms. The molecule has 0 bridgehead atoms. The summed E-state index contributed by atoms with van der Waals surface area (Å²) in [5, 5.41) is 3.30. The molecular weight excluding hydrogens is 226 g/mol. The number of unbranched alkanes of at least 4 members (excludes halogenated alkanes) is 1. The zero-order valence-electron chi connectivity index (χ0n) is 11.3.